The zero-order valence-electron chi connectivity index (χ0n) is 13.2. The molecule has 2 bridgehead atoms. The molecule has 0 unspecified atom stereocenters. The van der Waals surface area contributed by atoms with Crippen LogP contribution in [0.2, 0.25) is 0 Å². The number of carbonyl (C=O) groups is 3. The van der Waals surface area contributed by atoms with Gasteiger partial charge in [-0.2, -0.15) is 0 Å². The summed E-state index contributed by atoms with van der Waals surface area (Å²) in [5, 5.41) is 11.3. The van der Waals surface area contributed by atoms with Gasteiger partial charge in [-0.1, -0.05) is 12.2 Å². The molecule has 1 heterocycles. The van der Waals surface area contributed by atoms with Crippen LogP contribution in [0.5, 0.6) is 5.75 Å². The number of nitro groups is 1. The summed E-state index contributed by atoms with van der Waals surface area (Å²) < 4.78 is 4.82. The van der Waals surface area contributed by atoms with Crippen LogP contribution in [-0.4, -0.2) is 22.7 Å². The highest BCUT2D eigenvalue weighted by Crippen LogP contribution is 2.53. The fourth-order valence-corrected chi connectivity index (χ4v) is 4.19. The van der Waals surface area contributed by atoms with E-state index in [0.717, 1.165) is 24.3 Å². The van der Waals surface area contributed by atoms with Crippen LogP contribution in [-0.2, 0) is 14.4 Å². The monoisotopic (exact) mass is 342 g/mol. The first-order valence-corrected chi connectivity index (χ1v) is 7.91. The Hall–Kier alpha value is -3.03. The Morgan fingerprint density at radius 2 is 1.80 bits per heavy atom. The molecule has 1 aromatic carbocycles. The second kappa shape index (κ2) is 5.23. The number of nitrogens with zero attached hydrogens (tertiary/aromatic N) is 2. The maximum Gasteiger partial charge on any atom is 0.313 e. The number of esters is 1. The molecular weight excluding hydrogens is 328 g/mol. The maximum absolute atomic E-state index is 12.7. The quantitative estimate of drug-likeness (QED) is 0.207. The normalized spacial score (nSPS) is 29.2. The van der Waals surface area contributed by atoms with Crippen LogP contribution in [0.15, 0.2) is 30.4 Å². The number of amides is 2. The van der Waals surface area contributed by atoms with E-state index in [1.54, 1.807) is 0 Å². The SMILES string of the molecule is CC(=O)Oc1ccc(N2C(=O)[C@@H]3[C@H](C2=O)[C@@H]2C=C[C@@H]3C2)cc1[N+](=O)[O-]. The Morgan fingerprint density at radius 3 is 2.32 bits per heavy atom. The highest BCUT2D eigenvalue weighted by Gasteiger charge is 2.59. The molecule has 128 valence electrons. The number of benzene rings is 1. The average Bonchev–Trinajstić information content (AvgIpc) is 3.21. The van der Waals surface area contributed by atoms with Gasteiger partial charge in [-0.05, 0) is 30.4 Å². The van der Waals surface area contributed by atoms with E-state index in [9.17, 15) is 24.5 Å². The minimum atomic E-state index is -0.709. The topological polar surface area (TPSA) is 107 Å². The first kappa shape index (κ1) is 15.5. The van der Waals surface area contributed by atoms with Crippen molar-refractivity contribution in [3.05, 3.63) is 40.5 Å². The number of imide groups is 1. The molecule has 0 aromatic heterocycles. The minimum absolute atomic E-state index is 0.0618. The number of anilines is 1. The zero-order valence-corrected chi connectivity index (χ0v) is 13.2. The van der Waals surface area contributed by atoms with Gasteiger partial charge in [0.1, 0.15) is 0 Å². The Kier molecular flexibility index (Phi) is 3.24. The van der Waals surface area contributed by atoms with Gasteiger partial charge < -0.3 is 4.74 Å². The van der Waals surface area contributed by atoms with Gasteiger partial charge in [0.05, 0.1) is 22.4 Å². The Bertz CT molecular complexity index is 831. The number of allylic oxidation sites excluding steroid dienone is 2. The molecule has 1 aliphatic heterocycles. The van der Waals surface area contributed by atoms with Crippen molar-refractivity contribution in [3.8, 4) is 5.75 Å². The molecule has 1 aromatic rings. The molecule has 0 N–H and O–H groups in total. The molecule has 0 radical (unpaired) electrons. The average molecular weight is 342 g/mol. The highest BCUT2D eigenvalue weighted by atomic mass is 16.6. The van der Waals surface area contributed by atoms with E-state index < -0.39 is 16.6 Å². The van der Waals surface area contributed by atoms with Gasteiger partial charge in [-0.15, -0.1) is 0 Å². The van der Waals surface area contributed by atoms with Crippen LogP contribution < -0.4 is 9.64 Å². The Labute approximate surface area is 142 Å². The van der Waals surface area contributed by atoms with Crippen molar-refractivity contribution < 1.29 is 24.0 Å². The minimum Gasteiger partial charge on any atom is -0.419 e. The van der Waals surface area contributed by atoms with E-state index in [4.69, 9.17) is 4.74 Å². The van der Waals surface area contributed by atoms with E-state index in [-0.39, 0.29) is 46.9 Å². The smallest absolute Gasteiger partial charge is 0.313 e. The van der Waals surface area contributed by atoms with E-state index in [1.807, 2.05) is 12.2 Å². The van der Waals surface area contributed by atoms with Crippen LogP contribution in [0.3, 0.4) is 0 Å². The summed E-state index contributed by atoms with van der Waals surface area (Å²) in [6.07, 6.45) is 4.77. The van der Waals surface area contributed by atoms with Crippen LogP contribution in [0.25, 0.3) is 0 Å². The lowest BCUT2D eigenvalue weighted by Gasteiger charge is -2.17. The summed E-state index contributed by atoms with van der Waals surface area (Å²) in [4.78, 5) is 48.2. The fraction of sp³-hybridized carbons (Fsp3) is 0.353. The molecule has 2 fully saturated rings. The molecule has 4 atom stereocenters. The Balaban J connectivity index is 1.72. The summed E-state index contributed by atoms with van der Waals surface area (Å²) in [6.45, 7) is 1.13. The van der Waals surface area contributed by atoms with Crippen molar-refractivity contribution >= 4 is 29.2 Å². The van der Waals surface area contributed by atoms with Crippen LogP contribution in [0, 0.1) is 33.8 Å². The van der Waals surface area contributed by atoms with Gasteiger partial charge >= 0.3 is 11.7 Å². The number of hydrogen-bond donors (Lipinski definition) is 0. The predicted molar refractivity (Wildman–Crippen MR) is 84.6 cm³/mol. The molecule has 2 amide bonds. The van der Waals surface area contributed by atoms with Crippen molar-refractivity contribution in [1.82, 2.24) is 0 Å². The van der Waals surface area contributed by atoms with Crippen LogP contribution in [0.1, 0.15) is 13.3 Å². The van der Waals surface area contributed by atoms with E-state index in [2.05, 4.69) is 0 Å². The van der Waals surface area contributed by atoms with Gasteiger partial charge in [-0.25, -0.2) is 4.90 Å². The second-order valence-corrected chi connectivity index (χ2v) is 6.51. The Morgan fingerprint density at radius 1 is 1.20 bits per heavy atom. The lowest BCUT2D eigenvalue weighted by atomic mass is 9.85. The van der Waals surface area contributed by atoms with Gasteiger partial charge in [0.15, 0.2) is 0 Å². The molecular formula is C17H14N2O6. The van der Waals surface area contributed by atoms with E-state index >= 15 is 0 Å². The van der Waals surface area contributed by atoms with Crippen LogP contribution >= 0.6 is 0 Å². The van der Waals surface area contributed by atoms with Crippen molar-refractivity contribution in [2.45, 2.75) is 13.3 Å². The van der Waals surface area contributed by atoms with E-state index in [1.165, 1.54) is 12.1 Å². The van der Waals surface area contributed by atoms with Crippen molar-refractivity contribution in [3.63, 3.8) is 0 Å². The molecule has 8 heteroatoms. The second-order valence-electron chi connectivity index (χ2n) is 6.51. The van der Waals surface area contributed by atoms with Crippen LogP contribution in [0.4, 0.5) is 11.4 Å². The molecule has 4 rings (SSSR count). The summed E-state index contributed by atoms with van der Waals surface area (Å²) >= 11 is 0. The number of ether oxygens (including phenoxy) is 1. The molecule has 25 heavy (non-hydrogen) atoms. The molecule has 1 saturated heterocycles. The lowest BCUT2D eigenvalue weighted by molar-refractivity contribution is -0.385. The van der Waals surface area contributed by atoms with Crippen molar-refractivity contribution in [2.24, 2.45) is 23.7 Å². The molecule has 1 saturated carbocycles. The largest absolute Gasteiger partial charge is 0.419 e. The number of fused-ring (bicyclic) bond motifs is 5. The van der Waals surface area contributed by atoms with Crippen molar-refractivity contribution in [2.75, 3.05) is 4.90 Å². The standard InChI is InChI=1S/C17H14N2O6/c1-8(20)25-13-5-4-11(7-12(13)19(23)24)18-16(21)14-9-2-3-10(6-9)15(14)17(18)22/h2-5,7,9-10,14-15H,6H2,1H3/t9-,10-,14-,15+/m1/s1. The molecule has 0 spiro atoms. The van der Waals surface area contributed by atoms with E-state index in [0.29, 0.717) is 0 Å². The number of rotatable bonds is 3. The first-order valence-electron chi connectivity index (χ1n) is 7.91. The molecule has 8 nitrogen and oxygen atoms in total. The highest BCUT2D eigenvalue weighted by molar-refractivity contribution is 6.23. The summed E-state index contributed by atoms with van der Waals surface area (Å²) in [7, 11) is 0. The molecule has 2 aliphatic carbocycles. The first-order chi connectivity index (χ1) is 11.9. The third-order valence-corrected chi connectivity index (χ3v) is 5.12. The maximum atomic E-state index is 12.7. The summed E-state index contributed by atoms with van der Waals surface area (Å²) in [6, 6.07) is 3.72. The van der Waals surface area contributed by atoms with Gasteiger partial charge in [0, 0.05) is 13.0 Å². The van der Waals surface area contributed by atoms with Gasteiger partial charge in [0.2, 0.25) is 17.6 Å². The fourth-order valence-electron chi connectivity index (χ4n) is 4.19. The number of carbonyl (C=O) groups excluding carboxylic acids is 3. The summed E-state index contributed by atoms with van der Waals surface area (Å²) in [5.41, 5.74) is -0.335. The molecule has 3 aliphatic rings. The number of hydrogen-bond acceptors (Lipinski definition) is 6. The third-order valence-electron chi connectivity index (χ3n) is 5.12. The zero-order chi connectivity index (χ0) is 17.9. The number of nitro benzene ring substituents is 1. The van der Waals surface area contributed by atoms with Crippen molar-refractivity contribution in [1.29, 1.82) is 0 Å². The predicted octanol–water partition coefficient (Wildman–Crippen LogP) is 1.83. The summed E-state index contributed by atoms with van der Waals surface area (Å²) in [5.74, 6) is -2.19. The lowest BCUT2D eigenvalue weighted by Crippen LogP contribution is -2.32. The third kappa shape index (κ3) is 2.17. The van der Waals surface area contributed by atoms with Gasteiger partial charge in [-0.3, -0.25) is 24.5 Å². The van der Waals surface area contributed by atoms with Gasteiger partial charge in [0.25, 0.3) is 0 Å².